The summed E-state index contributed by atoms with van der Waals surface area (Å²) in [4.78, 5) is 1.42. The molecule has 20 heavy (non-hydrogen) atoms. The molecule has 0 aliphatic carbocycles. The number of hydrogen-bond acceptors (Lipinski definition) is 2. The SMILES string of the molecule is CCCCCCCCCCCC(NC)c1csc(C)c1. The minimum atomic E-state index is 0.560. The molecule has 1 atom stereocenters. The van der Waals surface area contributed by atoms with Crippen LogP contribution in [-0.2, 0) is 0 Å². The number of hydrogen-bond donors (Lipinski definition) is 1. The maximum Gasteiger partial charge on any atom is 0.0325 e. The normalized spacial score (nSPS) is 12.8. The molecule has 0 spiro atoms. The molecule has 0 aromatic carbocycles. The van der Waals surface area contributed by atoms with Gasteiger partial charge in [-0.2, -0.15) is 0 Å². The van der Waals surface area contributed by atoms with Gasteiger partial charge in [0.25, 0.3) is 0 Å². The quantitative estimate of drug-likeness (QED) is 0.450. The molecule has 1 aromatic heterocycles. The summed E-state index contributed by atoms with van der Waals surface area (Å²) >= 11 is 1.86. The molecule has 1 heterocycles. The monoisotopic (exact) mass is 295 g/mol. The first-order valence-corrected chi connectivity index (χ1v) is 9.38. The summed E-state index contributed by atoms with van der Waals surface area (Å²) in [5, 5.41) is 5.77. The largest absolute Gasteiger partial charge is 0.313 e. The molecular formula is C18H33NS. The van der Waals surface area contributed by atoms with Crippen LogP contribution < -0.4 is 5.32 Å². The standard InChI is InChI=1S/C18H33NS/c1-4-5-6-7-8-9-10-11-12-13-18(19-3)17-14-16(2)20-15-17/h14-15,18-19H,4-13H2,1-3H3. The van der Waals surface area contributed by atoms with Crippen LogP contribution in [0.15, 0.2) is 11.4 Å². The topological polar surface area (TPSA) is 12.0 Å². The van der Waals surface area contributed by atoms with E-state index in [0.29, 0.717) is 6.04 Å². The lowest BCUT2D eigenvalue weighted by Crippen LogP contribution is -2.15. The van der Waals surface area contributed by atoms with Gasteiger partial charge in [0, 0.05) is 10.9 Å². The fourth-order valence-corrected chi connectivity index (χ4v) is 3.54. The van der Waals surface area contributed by atoms with Crippen molar-refractivity contribution in [3.63, 3.8) is 0 Å². The highest BCUT2D eigenvalue weighted by Crippen LogP contribution is 2.24. The van der Waals surface area contributed by atoms with E-state index in [1.165, 1.54) is 74.6 Å². The molecule has 116 valence electrons. The van der Waals surface area contributed by atoms with Gasteiger partial charge in [0.15, 0.2) is 0 Å². The number of aryl methyl sites for hydroxylation is 1. The fourth-order valence-electron chi connectivity index (χ4n) is 2.78. The first-order chi connectivity index (χ1) is 9.77. The van der Waals surface area contributed by atoms with E-state index >= 15 is 0 Å². The third-order valence-electron chi connectivity index (χ3n) is 4.10. The summed E-state index contributed by atoms with van der Waals surface area (Å²) in [6.45, 7) is 4.48. The van der Waals surface area contributed by atoms with E-state index in [1.807, 2.05) is 11.3 Å². The summed E-state index contributed by atoms with van der Waals surface area (Å²) < 4.78 is 0. The van der Waals surface area contributed by atoms with Crippen molar-refractivity contribution in [3.05, 3.63) is 21.9 Å². The van der Waals surface area contributed by atoms with E-state index in [1.54, 1.807) is 0 Å². The maximum atomic E-state index is 3.46. The van der Waals surface area contributed by atoms with Crippen LogP contribution in [0.5, 0.6) is 0 Å². The van der Waals surface area contributed by atoms with Crippen molar-refractivity contribution in [2.75, 3.05) is 7.05 Å². The van der Waals surface area contributed by atoms with Crippen molar-refractivity contribution in [2.45, 2.75) is 84.1 Å². The summed E-state index contributed by atoms with van der Waals surface area (Å²) in [6.07, 6.45) is 14.0. The zero-order valence-electron chi connectivity index (χ0n) is 13.7. The van der Waals surface area contributed by atoms with Crippen LogP contribution in [0.4, 0.5) is 0 Å². The lowest BCUT2D eigenvalue weighted by molar-refractivity contribution is 0.494. The van der Waals surface area contributed by atoms with E-state index < -0.39 is 0 Å². The second-order valence-electron chi connectivity index (χ2n) is 5.95. The zero-order valence-corrected chi connectivity index (χ0v) is 14.5. The number of nitrogens with one attached hydrogen (secondary N) is 1. The lowest BCUT2D eigenvalue weighted by Gasteiger charge is -2.14. The van der Waals surface area contributed by atoms with Crippen LogP contribution in [0.2, 0.25) is 0 Å². The van der Waals surface area contributed by atoms with E-state index in [-0.39, 0.29) is 0 Å². The van der Waals surface area contributed by atoms with Gasteiger partial charge in [0.05, 0.1) is 0 Å². The van der Waals surface area contributed by atoms with Crippen LogP contribution in [0, 0.1) is 6.92 Å². The first kappa shape index (κ1) is 17.7. The van der Waals surface area contributed by atoms with Gasteiger partial charge in [-0.05, 0) is 37.4 Å². The minimum absolute atomic E-state index is 0.560. The van der Waals surface area contributed by atoms with Crippen molar-refractivity contribution in [1.82, 2.24) is 5.32 Å². The molecular weight excluding hydrogens is 262 g/mol. The van der Waals surface area contributed by atoms with Crippen LogP contribution in [0.25, 0.3) is 0 Å². The maximum absolute atomic E-state index is 3.46. The number of unbranched alkanes of at least 4 members (excludes halogenated alkanes) is 8. The molecule has 0 fully saturated rings. The molecule has 0 amide bonds. The molecule has 1 unspecified atom stereocenters. The third-order valence-corrected chi connectivity index (χ3v) is 4.98. The Labute approximate surface area is 130 Å². The predicted molar refractivity (Wildman–Crippen MR) is 92.7 cm³/mol. The molecule has 1 aromatic rings. The van der Waals surface area contributed by atoms with Gasteiger partial charge >= 0.3 is 0 Å². The van der Waals surface area contributed by atoms with Crippen molar-refractivity contribution >= 4 is 11.3 Å². The molecule has 0 saturated carbocycles. The van der Waals surface area contributed by atoms with E-state index in [9.17, 15) is 0 Å². The van der Waals surface area contributed by atoms with Crippen LogP contribution >= 0.6 is 11.3 Å². The lowest BCUT2D eigenvalue weighted by atomic mass is 10.0. The average molecular weight is 296 g/mol. The molecule has 2 heteroatoms. The summed E-state index contributed by atoms with van der Waals surface area (Å²) in [5.41, 5.74) is 1.48. The average Bonchev–Trinajstić information content (AvgIpc) is 2.87. The van der Waals surface area contributed by atoms with Crippen molar-refractivity contribution in [3.8, 4) is 0 Å². The highest BCUT2D eigenvalue weighted by Gasteiger charge is 2.09. The summed E-state index contributed by atoms with van der Waals surface area (Å²) in [6, 6.07) is 2.89. The Kier molecular flexibility index (Phi) is 10.0. The van der Waals surface area contributed by atoms with Gasteiger partial charge in [-0.15, -0.1) is 11.3 Å². The Morgan fingerprint density at radius 3 is 2.10 bits per heavy atom. The van der Waals surface area contributed by atoms with Gasteiger partial charge in [-0.25, -0.2) is 0 Å². The third kappa shape index (κ3) is 7.44. The smallest absolute Gasteiger partial charge is 0.0325 e. The van der Waals surface area contributed by atoms with Gasteiger partial charge in [-0.1, -0.05) is 64.7 Å². The van der Waals surface area contributed by atoms with Gasteiger partial charge in [0.1, 0.15) is 0 Å². The van der Waals surface area contributed by atoms with E-state index in [0.717, 1.165) is 0 Å². The predicted octanol–water partition coefficient (Wildman–Crippen LogP) is 6.24. The molecule has 1 N–H and O–H groups in total. The number of rotatable bonds is 12. The van der Waals surface area contributed by atoms with E-state index in [4.69, 9.17) is 0 Å². The van der Waals surface area contributed by atoms with Gasteiger partial charge < -0.3 is 5.32 Å². The van der Waals surface area contributed by atoms with Gasteiger partial charge in [0.2, 0.25) is 0 Å². The zero-order chi connectivity index (χ0) is 14.6. The van der Waals surface area contributed by atoms with Crippen molar-refractivity contribution < 1.29 is 0 Å². The molecule has 0 saturated heterocycles. The number of thiophene rings is 1. The highest BCUT2D eigenvalue weighted by molar-refractivity contribution is 7.10. The van der Waals surface area contributed by atoms with Gasteiger partial charge in [-0.3, -0.25) is 0 Å². The summed E-state index contributed by atoms with van der Waals surface area (Å²) in [5.74, 6) is 0. The van der Waals surface area contributed by atoms with Crippen molar-refractivity contribution in [2.24, 2.45) is 0 Å². The van der Waals surface area contributed by atoms with Crippen LogP contribution in [0.3, 0.4) is 0 Å². The second-order valence-corrected chi connectivity index (χ2v) is 7.06. The minimum Gasteiger partial charge on any atom is -0.313 e. The Morgan fingerprint density at radius 1 is 1.00 bits per heavy atom. The Balaban J connectivity index is 2.02. The first-order valence-electron chi connectivity index (χ1n) is 8.50. The molecule has 0 bridgehead atoms. The Bertz CT molecular complexity index is 332. The van der Waals surface area contributed by atoms with Crippen molar-refractivity contribution in [1.29, 1.82) is 0 Å². The molecule has 0 aliphatic heterocycles. The Morgan fingerprint density at radius 2 is 1.60 bits per heavy atom. The molecule has 1 nitrogen and oxygen atoms in total. The Hall–Kier alpha value is -0.340. The van der Waals surface area contributed by atoms with Crippen LogP contribution in [0.1, 0.15) is 87.6 Å². The second kappa shape index (κ2) is 11.3. The highest BCUT2D eigenvalue weighted by atomic mass is 32.1. The summed E-state index contributed by atoms with van der Waals surface area (Å²) in [7, 11) is 2.09. The molecule has 0 radical (unpaired) electrons. The fraction of sp³-hybridized carbons (Fsp3) is 0.778. The van der Waals surface area contributed by atoms with Crippen LogP contribution in [-0.4, -0.2) is 7.05 Å². The van der Waals surface area contributed by atoms with E-state index in [2.05, 4.69) is 37.7 Å². The molecule has 1 rings (SSSR count). The molecule has 0 aliphatic rings.